The fourth-order valence-corrected chi connectivity index (χ4v) is 2.18. The van der Waals surface area contributed by atoms with Gasteiger partial charge in [-0.05, 0) is 32.3 Å². The van der Waals surface area contributed by atoms with Crippen molar-refractivity contribution in [2.75, 3.05) is 11.9 Å². The Labute approximate surface area is 116 Å². The highest BCUT2D eigenvalue weighted by Crippen LogP contribution is 2.12. The van der Waals surface area contributed by atoms with Crippen LogP contribution in [-0.4, -0.2) is 36.3 Å². The number of H-pyrrole nitrogens is 1. The van der Waals surface area contributed by atoms with E-state index in [2.05, 4.69) is 30.7 Å². The van der Waals surface area contributed by atoms with Crippen molar-refractivity contribution >= 4 is 11.5 Å². The SMILES string of the molecule is Cc1[nH]ncc1CCCNc1nccn2c(C)nnc12. The van der Waals surface area contributed by atoms with Crippen molar-refractivity contribution in [3.63, 3.8) is 0 Å². The third-order valence-corrected chi connectivity index (χ3v) is 3.35. The van der Waals surface area contributed by atoms with Crippen LogP contribution in [0.4, 0.5) is 5.82 Å². The second-order valence-electron chi connectivity index (χ2n) is 4.77. The minimum atomic E-state index is 0.768. The molecule has 0 aromatic carbocycles. The number of nitrogens with one attached hydrogen (secondary N) is 2. The highest BCUT2D eigenvalue weighted by atomic mass is 15.3. The molecule has 0 aliphatic heterocycles. The number of hydrogen-bond acceptors (Lipinski definition) is 5. The summed E-state index contributed by atoms with van der Waals surface area (Å²) in [7, 11) is 0. The Morgan fingerprint density at radius 1 is 1.30 bits per heavy atom. The quantitative estimate of drug-likeness (QED) is 0.687. The van der Waals surface area contributed by atoms with Gasteiger partial charge in [0.05, 0.1) is 6.20 Å². The molecule has 0 bridgehead atoms. The number of aromatic amines is 1. The molecule has 104 valence electrons. The van der Waals surface area contributed by atoms with E-state index in [1.807, 2.05) is 30.6 Å². The standard InChI is InChI=1S/C13H17N7/c1-9-11(8-16-17-9)4-3-5-14-12-13-19-18-10(2)20(13)7-6-15-12/h6-8H,3-5H2,1-2H3,(H,14,15)(H,16,17). The molecule has 0 fully saturated rings. The normalized spacial score (nSPS) is 11.1. The minimum Gasteiger partial charge on any atom is -0.367 e. The zero-order valence-electron chi connectivity index (χ0n) is 11.6. The molecule has 3 heterocycles. The van der Waals surface area contributed by atoms with Crippen molar-refractivity contribution in [2.45, 2.75) is 26.7 Å². The van der Waals surface area contributed by atoms with Crippen LogP contribution in [-0.2, 0) is 6.42 Å². The third-order valence-electron chi connectivity index (χ3n) is 3.35. The van der Waals surface area contributed by atoms with E-state index >= 15 is 0 Å². The second-order valence-corrected chi connectivity index (χ2v) is 4.77. The van der Waals surface area contributed by atoms with Crippen molar-refractivity contribution in [1.82, 2.24) is 29.8 Å². The third kappa shape index (κ3) is 2.34. The number of aromatic nitrogens is 6. The van der Waals surface area contributed by atoms with E-state index in [0.29, 0.717) is 0 Å². The average Bonchev–Trinajstić information content (AvgIpc) is 3.03. The smallest absolute Gasteiger partial charge is 0.203 e. The fourth-order valence-electron chi connectivity index (χ4n) is 2.18. The fraction of sp³-hybridized carbons (Fsp3) is 0.385. The monoisotopic (exact) mass is 271 g/mol. The van der Waals surface area contributed by atoms with Crippen molar-refractivity contribution in [3.05, 3.63) is 35.7 Å². The molecule has 0 aliphatic rings. The van der Waals surface area contributed by atoms with Gasteiger partial charge < -0.3 is 5.32 Å². The van der Waals surface area contributed by atoms with Gasteiger partial charge in [-0.25, -0.2) is 4.98 Å². The predicted octanol–water partition coefficient (Wildman–Crippen LogP) is 1.51. The first-order chi connectivity index (χ1) is 9.75. The molecular weight excluding hydrogens is 254 g/mol. The van der Waals surface area contributed by atoms with Gasteiger partial charge in [-0.3, -0.25) is 9.50 Å². The molecule has 0 unspecified atom stereocenters. The van der Waals surface area contributed by atoms with Gasteiger partial charge in [-0.2, -0.15) is 5.10 Å². The first kappa shape index (κ1) is 12.6. The molecule has 3 aromatic heterocycles. The minimum absolute atomic E-state index is 0.768. The van der Waals surface area contributed by atoms with Crippen molar-refractivity contribution in [3.8, 4) is 0 Å². The van der Waals surface area contributed by atoms with E-state index in [0.717, 1.165) is 42.4 Å². The van der Waals surface area contributed by atoms with E-state index < -0.39 is 0 Å². The molecular formula is C13H17N7. The second kappa shape index (κ2) is 5.28. The Morgan fingerprint density at radius 2 is 2.20 bits per heavy atom. The molecule has 0 saturated heterocycles. The molecule has 7 nitrogen and oxygen atoms in total. The Balaban J connectivity index is 1.61. The summed E-state index contributed by atoms with van der Waals surface area (Å²) in [5.74, 6) is 1.64. The molecule has 0 amide bonds. The van der Waals surface area contributed by atoms with Gasteiger partial charge in [0.2, 0.25) is 5.65 Å². The van der Waals surface area contributed by atoms with Crippen molar-refractivity contribution in [2.24, 2.45) is 0 Å². The summed E-state index contributed by atoms with van der Waals surface area (Å²) in [4.78, 5) is 4.32. The largest absolute Gasteiger partial charge is 0.367 e. The van der Waals surface area contributed by atoms with Gasteiger partial charge in [0.25, 0.3) is 0 Å². The summed E-state index contributed by atoms with van der Waals surface area (Å²) in [5.41, 5.74) is 3.17. The van der Waals surface area contributed by atoms with Gasteiger partial charge in [-0.1, -0.05) is 0 Å². The molecule has 3 aromatic rings. The molecule has 2 N–H and O–H groups in total. The van der Waals surface area contributed by atoms with Crippen LogP contribution >= 0.6 is 0 Å². The molecule has 0 atom stereocenters. The molecule has 0 saturated carbocycles. The summed E-state index contributed by atoms with van der Waals surface area (Å²) in [6.45, 7) is 4.80. The van der Waals surface area contributed by atoms with Gasteiger partial charge in [0.15, 0.2) is 5.82 Å². The number of rotatable bonds is 5. The highest BCUT2D eigenvalue weighted by Gasteiger charge is 2.07. The van der Waals surface area contributed by atoms with E-state index in [1.54, 1.807) is 6.20 Å². The zero-order chi connectivity index (χ0) is 13.9. The van der Waals surface area contributed by atoms with Gasteiger partial charge >= 0.3 is 0 Å². The maximum Gasteiger partial charge on any atom is 0.203 e. The summed E-state index contributed by atoms with van der Waals surface area (Å²) in [5, 5.41) is 18.5. The lowest BCUT2D eigenvalue weighted by Gasteiger charge is -2.06. The highest BCUT2D eigenvalue weighted by molar-refractivity contribution is 5.61. The zero-order valence-corrected chi connectivity index (χ0v) is 11.6. The van der Waals surface area contributed by atoms with E-state index in [1.165, 1.54) is 5.56 Å². The van der Waals surface area contributed by atoms with E-state index in [4.69, 9.17) is 0 Å². The summed E-state index contributed by atoms with van der Waals surface area (Å²) in [6.07, 6.45) is 7.51. The maximum absolute atomic E-state index is 4.32. The first-order valence-corrected chi connectivity index (χ1v) is 6.65. The van der Waals surface area contributed by atoms with Crippen molar-refractivity contribution in [1.29, 1.82) is 0 Å². The van der Waals surface area contributed by atoms with Crippen LogP contribution < -0.4 is 5.32 Å². The molecule has 0 radical (unpaired) electrons. The lowest BCUT2D eigenvalue weighted by molar-refractivity contribution is 0.852. The average molecular weight is 271 g/mol. The summed E-state index contributed by atoms with van der Waals surface area (Å²) in [6, 6.07) is 0. The van der Waals surface area contributed by atoms with Gasteiger partial charge in [0.1, 0.15) is 5.82 Å². The Bertz CT molecular complexity index is 712. The van der Waals surface area contributed by atoms with E-state index in [9.17, 15) is 0 Å². The van der Waals surface area contributed by atoms with Crippen LogP contribution in [0.15, 0.2) is 18.6 Å². The topological polar surface area (TPSA) is 83.8 Å². The Morgan fingerprint density at radius 3 is 3.00 bits per heavy atom. The number of anilines is 1. The molecule has 0 aliphatic carbocycles. The Hall–Kier alpha value is -2.44. The number of hydrogen-bond donors (Lipinski definition) is 2. The lowest BCUT2D eigenvalue weighted by Crippen LogP contribution is -2.06. The molecule has 0 spiro atoms. The van der Waals surface area contributed by atoms with Gasteiger partial charge in [-0.15, -0.1) is 10.2 Å². The van der Waals surface area contributed by atoms with Crippen LogP contribution in [0.2, 0.25) is 0 Å². The van der Waals surface area contributed by atoms with Crippen molar-refractivity contribution < 1.29 is 0 Å². The molecule has 20 heavy (non-hydrogen) atoms. The molecule has 3 rings (SSSR count). The number of nitrogens with zero attached hydrogens (tertiary/aromatic N) is 5. The van der Waals surface area contributed by atoms with Crippen LogP contribution in [0.25, 0.3) is 5.65 Å². The maximum atomic E-state index is 4.32. The predicted molar refractivity (Wildman–Crippen MR) is 75.7 cm³/mol. The number of aryl methyl sites for hydroxylation is 3. The lowest BCUT2D eigenvalue weighted by atomic mass is 10.1. The summed E-state index contributed by atoms with van der Waals surface area (Å²) < 4.78 is 1.93. The Kier molecular flexibility index (Phi) is 3.32. The number of fused-ring (bicyclic) bond motifs is 1. The van der Waals surface area contributed by atoms with E-state index in [-0.39, 0.29) is 0 Å². The van der Waals surface area contributed by atoms with Gasteiger partial charge in [0, 0.05) is 24.6 Å². The van der Waals surface area contributed by atoms with Crippen LogP contribution in [0.5, 0.6) is 0 Å². The molecule has 7 heteroatoms. The van der Waals surface area contributed by atoms with Crippen LogP contribution in [0.1, 0.15) is 23.5 Å². The first-order valence-electron chi connectivity index (χ1n) is 6.65. The van der Waals surface area contributed by atoms with Crippen LogP contribution in [0.3, 0.4) is 0 Å². The van der Waals surface area contributed by atoms with Crippen LogP contribution in [0, 0.1) is 13.8 Å². The summed E-state index contributed by atoms with van der Waals surface area (Å²) >= 11 is 0.